The Morgan fingerprint density at radius 1 is 1.06 bits per heavy atom. The highest BCUT2D eigenvalue weighted by molar-refractivity contribution is 7.13. The third-order valence-corrected chi connectivity index (χ3v) is 6.29. The number of benzene rings is 1. The van der Waals surface area contributed by atoms with Gasteiger partial charge >= 0.3 is 0 Å². The molecule has 0 saturated heterocycles. The van der Waals surface area contributed by atoms with Crippen molar-refractivity contribution >= 4 is 22.9 Å². The van der Waals surface area contributed by atoms with E-state index >= 15 is 0 Å². The van der Waals surface area contributed by atoms with Gasteiger partial charge in [0.05, 0.1) is 37.9 Å². The molecule has 0 atom stereocenters. The Morgan fingerprint density at radius 2 is 1.97 bits per heavy atom. The Hall–Kier alpha value is -4.71. The highest BCUT2D eigenvalue weighted by Crippen LogP contribution is 2.32. The highest BCUT2D eigenvalue weighted by atomic mass is 32.1. The molecule has 11 nitrogen and oxygen atoms in total. The predicted octanol–water partition coefficient (Wildman–Crippen LogP) is 4.79. The number of hydrogen-bond donors (Lipinski definition) is 1. The van der Waals surface area contributed by atoms with Gasteiger partial charge in [0.1, 0.15) is 0 Å². The molecule has 0 amide bonds. The minimum Gasteiger partial charge on any atom is -0.493 e. The summed E-state index contributed by atoms with van der Waals surface area (Å²) in [6, 6.07) is 11.1. The molecule has 0 aliphatic carbocycles. The summed E-state index contributed by atoms with van der Waals surface area (Å²) >= 11 is 1.45. The van der Waals surface area contributed by atoms with Gasteiger partial charge in [-0.1, -0.05) is 11.2 Å². The Labute approximate surface area is 208 Å². The number of thiazole rings is 1. The summed E-state index contributed by atoms with van der Waals surface area (Å²) in [6.45, 7) is 0.476. The molecule has 0 aliphatic rings. The van der Waals surface area contributed by atoms with Crippen molar-refractivity contribution in [1.29, 1.82) is 0 Å². The van der Waals surface area contributed by atoms with Crippen molar-refractivity contribution in [2.75, 3.05) is 19.5 Å². The van der Waals surface area contributed by atoms with Gasteiger partial charge < -0.3 is 23.7 Å². The Kier molecular flexibility index (Phi) is 5.54. The molecule has 6 aromatic rings. The van der Waals surface area contributed by atoms with Crippen molar-refractivity contribution in [2.45, 2.75) is 6.54 Å². The lowest BCUT2D eigenvalue weighted by Crippen LogP contribution is -2.08. The van der Waals surface area contributed by atoms with Crippen LogP contribution < -0.4 is 14.8 Å². The zero-order valence-electron chi connectivity index (χ0n) is 19.2. The van der Waals surface area contributed by atoms with E-state index in [0.29, 0.717) is 57.7 Å². The fraction of sp³-hybridized carbons (Fsp3) is 0.125. The number of ether oxygens (including phenoxy) is 2. The Balaban J connectivity index is 1.38. The first-order valence-corrected chi connectivity index (χ1v) is 11.7. The molecule has 0 saturated carbocycles. The molecule has 12 heteroatoms. The average Bonchev–Trinajstić information content (AvgIpc) is 3.72. The summed E-state index contributed by atoms with van der Waals surface area (Å²) in [4.78, 5) is 14.1. The van der Waals surface area contributed by atoms with Crippen molar-refractivity contribution < 1.29 is 18.4 Å². The van der Waals surface area contributed by atoms with Crippen LogP contribution in [-0.4, -0.2) is 43.9 Å². The molecule has 5 heterocycles. The van der Waals surface area contributed by atoms with E-state index in [4.69, 9.17) is 28.4 Å². The maximum Gasteiger partial charge on any atom is 0.226 e. The van der Waals surface area contributed by atoms with Gasteiger partial charge in [-0.3, -0.25) is 0 Å². The maximum atomic E-state index is 5.53. The molecule has 0 bridgehead atoms. The Morgan fingerprint density at radius 3 is 2.75 bits per heavy atom. The number of furan rings is 1. The van der Waals surface area contributed by atoms with Crippen LogP contribution in [0.3, 0.4) is 0 Å². The second-order valence-corrected chi connectivity index (χ2v) is 8.46. The van der Waals surface area contributed by atoms with Crippen molar-refractivity contribution in [3.05, 3.63) is 66.0 Å². The van der Waals surface area contributed by atoms with Gasteiger partial charge in [0.25, 0.3) is 0 Å². The van der Waals surface area contributed by atoms with E-state index in [0.717, 1.165) is 11.1 Å². The van der Waals surface area contributed by atoms with Crippen molar-refractivity contribution in [1.82, 2.24) is 29.7 Å². The van der Waals surface area contributed by atoms with Gasteiger partial charge in [-0.25, -0.2) is 15.0 Å². The van der Waals surface area contributed by atoms with Crippen molar-refractivity contribution in [2.24, 2.45) is 0 Å². The molecule has 1 N–H and O–H groups in total. The number of rotatable bonds is 8. The van der Waals surface area contributed by atoms with Gasteiger partial charge in [-0.15, -0.1) is 16.4 Å². The van der Waals surface area contributed by atoms with E-state index in [1.54, 1.807) is 49.5 Å². The molecule has 6 rings (SSSR count). The predicted molar refractivity (Wildman–Crippen MR) is 132 cm³/mol. The van der Waals surface area contributed by atoms with Crippen molar-refractivity contribution in [3.63, 3.8) is 0 Å². The fourth-order valence-corrected chi connectivity index (χ4v) is 4.47. The molecule has 0 radical (unpaired) electrons. The topological polar surface area (TPSA) is 126 Å². The van der Waals surface area contributed by atoms with Crippen LogP contribution in [0.25, 0.3) is 39.3 Å². The molecule has 5 aromatic heterocycles. The van der Waals surface area contributed by atoms with Gasteiger partial charge in [0, 0.05) is 24.2 Å². The average molecular weight is 502 g/mol. The Bertz CT molecular complexity index is 1620. The van der Waals surface area contributed by atoms with E-state index in [2.05, 4.69) is 20.6 Å². The number of fused-ring (bicyclic) bond motifs is 1. The van der Waals surface area contributed by atoms with E-state index in [-0.39, 0.29) is 0 Å². The van der Waals surface area contributed by atoms with Crippen LogP contribution in [0.4, 0.5) is 5.95 Å². The summed E-state index contributed by atoms with van der Waals surface area (Å²) < 4.78 is 23.2. The molecule has 0 unspecified atom stereocenters. The molecule has 1 aromatic carbocycles. The van der Waals surface area contributed by atoms with Crippen LogP contribution in [0.15, 0.2) is 69.4 Å². The van der Waals surface area contributed by atoms with Gasteiger partial charge in [0.2, 0.25) is 11.8 Å². The largest absolute Gasteiger partial charge is 0.493 e. The lowest BCUT2D eigenvalue weighted by molar-refractivity contribution is 0.354. The second-order valence-electron chi connectivity index (χ2n) is 7.60. The number of methoxy groups -OCH3 is 2. The maximum absolute atomic E-state index is 5.53. The van der Waals surface area contributed by atoms with E-state index in [9.17, 15) is 0 Å². The third kappa shape index (κ3) is 3.92. The first-order chi connectivity index (χ1) is 17.7. The lowest BCUT2D eigenvalue weighted by atomic mass is 10.2. The number of nitrogens with one attached hydrogen (secondary N) is 1. The van der Waals surface area contributed by atoms with Crippen LogP contribution in [0.1, 0.15) is 5.56 Å². The standard InChI is InChI=1S/C24H19N7O4S/c1-32-17-6-5-14(10-20(17)33-2)11-25-24-26-12-15(16-13-36-23(28-16)19-7-8-27-35-19)22-29-21(30-31(22)24)18-4-3-9-34-18/h3-10,12-13H,11H2,1-2H3,(H,25,26). The van der Waals surface area contributed by atoms with Gasteiger partial charge in [-0.05, 0) is 29.8 Å². The first kappa shape index (κ1) is 21.8. The molecular formula is C24H19N7O4S. The zero-order valence-corrected chi connectivity index (χ0v) is 20.0. The molecule has 0 fully saturated rings. The lowest BCUT2D eigenvalue weighted by Gasteiger charge is -2.11. The molecule has 180 valence electrons. The molecule has 0 spiro atoms. The fourth-order valence-electron chi connectivity index (χ4n) is 3.69. The summed E-state index contributed by atoms with van der Waals surface area (Å²) in [5.41, 5.74) is 2.99. The van der Waals surface area contributed by atoms with E-state index in [1.165, 1.54) is 11.3 Å². The summed E-state index contributed by atoms with van der Waals surface area (Å²) in [5, 5.41) is 14.4. The minimum absolute atomic E-state index is 0.439. The number of anilines is 1. The monoisotopic (exact) mass is 501 g/mol. The molecule has 36 heavy (non-hydrogen) atoms. The number of nitrogens with zero attached hydrogens (tertiary/aromatic N) is 6. The van der Waals surface area contributed by atoms with Crippen LogP contribution in [-0.2, 0) is 6.54 Å². The van der Waals surface area contributed by atoms with Gasteiger partial charge in [0.15, 0.2) is 33.7 Å². The minimum atomic E-state index is 0.439. The van der Waals surface area contributed by atoms with E-state index < -0.39 is 0 Å². The highest BCUT2D eigenvalue weighted by Gasteiger charge is 2.19. The smallest absolute Gasteiger partial charge is 0.226 e. The van der Waals surface area contributed by atoms with Crippen LogP contribution >= 0.6 is 11.3 Å². The van der Waals surface area contributed by atoms with Crippen LogP contribution in [0.2, 0.25) is 0 Å². The van der Waals surface area contributed by atoms with E-state index in [1.807, 2.05) is 29.6 Å². The zero-order chi connectivity index (χ0) is 24.5. The summed E-state index contributed by atoms with van der Waals surface area (Å²) in [5.74, 6) is 3.42. The van der Waals surface area contributed by atoms with Crippen LogP contribution in [0.5, 0.6) is 11.5 Å². The number of hydrogen-bond acceptors (Lipinski definition) is 11. The third-order valence-electron chi connectivity index (χ3n) is 5.43. The molecular weight excluding hydrogens is 482 g/mol. The van der Waals surface area contributed by atoms with Crippen molar-refractivity contribution in [3.8, 4) is 45.1 Å². The summed E-state index contributed by atoms with van der Waals surface area (Å²) in [7, 11) is 3.22. The normalized spacial score (nSPS) is 11.2. The molecule has 0 aliphatic heterocycles. The van der Waals surface area contributed by atoms with Crippen LogP contribution in [0, 0.1) is 0 Å². The quantitative estimate of drug-likeness (QED) is 0.311. The summed E-state index contributed by atoms with van der Waals surface area (Å²) in [6.07, 6.45) is 4.90. The number of aromatic nitrogens is 6. The first-order valence-electron chi connectivity index (χ1n) is 10.8. The SMILES string of the molecule is COc1ccc(CNc2ncc(-c3csc(-c4ccno4)n3)c3nc(-c4ccco4)nn23)cc1OC. The van der Waals surface area contributed by atoms with Gasteiger partial charge in [-0.2, -0.15) is 4.52 Å². The second kappa shape index (κ2) is 9.15.